The number of hydrogen-bond donors (Lipinski definition) is 1. The molecule has 0 saturated heterocycles. The van der Waals surface area contributed by atoms with Crippen LogP contribution in [0, 0.1) is 6.92 Å². The monoisotopic (exact) mass is 322 g/mol. The van der Waals surface area contributed by atoms with Gasteiger partial charge >= 0.3 is 0 Å². The van der Waals surface area contributed by atoms with Crippen molar-refractivity contribution < 1.29 is 18.3 Å². The molecule has 1 N–H and O–H groups in total. The summed E-state index contributed by atoms with van der Waals surface area (Å²) in [5, 5.41) is 9.21. The minimum absolute atomic E-state index is 0.0344. The Labute approximate surface area is 110 Å². The van der Waals surface area contributed by atoms with Gasteiger partial charge in [-0.1, -0.05) is 15.9 Å². The molecule has 0 amide bonds. The Bertz CT molecular complexity index is 496. The Hall–Kier alpha value is -0.590. The maximum Gasteiger partial charge on any atom is 0.150 e. The van der Waals surface area contributed by atoms with Crippen molar-refractivity contribution in [3.63, 3.8) is 0 Å². The van der Waals surface area contributed by atoms with Gasteiger partial charge in [-0.05, 0) is 24.6 Å². The van der Waals surface area contributed by atoms with E-state index in [1.54, 1.807) is 6.07 Å². The van der Waals surface area contributed by atoms with Crippen molar-refractivity contribution in [3.8, 4) is 5.75 Å². The Balaban J connectivity index is 2.83. The van der Waals surface area contributed by atoms with Crippen LogP contribution in [0.25, 0.3) is 0 Å². The molecule has 4 nitrogen and oxygen atoms in total. The molecule has 0 fully saturated rings. The molecule has 6 heteroatoms. The van der Waals surface area contributed by atoms with Crippen molar-refractivity contribution in [2.75, 3.05) is 18.6 Å². The molecule has 1 rings (SSSR count). The lowest BCUT2D eigenvalue weighted by Gasteiger charge is -2.13. The quantitative estimate of drug-likeness (QED) is 0.895. The standard InChI is InChI=1S/C11H15BrO4S/c1-8-5-10(12)6-9(7-13)11(8)16-3-4-17(2,14)15/h5-6,13H,3-4,7H2,1-2H3. The van der Waals surface area contributed by atoms with Gasteiger partial charge in [0, 0.05) is 16.3 Å². The summed E-state index contributed by atoms with van der Waals surface area (Å²) in [5.41, 5.74) is 1.50. The first-order valence-corrected chi connectivity index (χ1v) is 7.89. The first-order chi connectivity index (χ1) is 7.83. The molecule has 0 aliphatic heterocycles. The second-order valence-corrected chi connectivity index (χ2v) is 7.02. The smallest absolute Gasteiger partial charge is 0.150 e. The number of hydrogen-bond acceptors (Lipinski definition) is 4. The Morgan fingerprint density at radius 2 is 2.06 bits per heavy atom. The van der Waals surface area contributed by atoms with Crippen LogP contribution >= 0.6 is 15.9 Å². The molecular formula is C11H15BrO4S. The van der Waals surface area contributed by atoms with E-state index in [1.807, 2.05) is 13.0 Å². The number of ether oxygens (including phenoxy) is 1. The van der Waals surface area contributed by atoms with Crippen LogP contribution in [-0.2, 0) is 16.4 Å². The molecule has 1 aromatic rings. The zero-order chi connectivity index (χ0) is 13.1. The Kier molecular flexibility index (Phi) is 4.97. The van der Waals surface area contributed by atoms with Crippen LogP contribution in [0.4, 0.5) is 0 Å². The van der Waals surface area contributed by atoms with Crippen LogP contribution < -0.4 is 4.74 Å². The molecule has 0 radical (unpaired) electrons. The molecule has 0 aromatic heterocycles. The molecule has 0 atom stereocenters. The molecule has 17 heavy (non-hydrogen) atoms. The van der Waals surface area contributed by atoms with Crippen molar-refractivity contribution >= 4 is 25.8 Å². The van der Waals surface area contributed by atoms with E-state index in [2.05, 4.69) is 15.9 Å². The van der Waals surface area contributed by atoms with E-state index in [1.165, 1.54) is 0 Å². The van der Waals surface area contributed by atoms with E-state index < -0.39 is 9.84 Å². The fourth-order valence-corrected chi connectivity index (χ4v) is 2.42. The van der Waals surface area contributed by atoms with E-state index >= 15 is 0 Å². The lowest BCUT2D eigenvalue weighted by molar-refractivity contribution is 0.266. The number of aryl methyl sites for hydroxylation is 1. The molecule has 0 spiro atoms. The third-order valence-electron chi connectivity index (χ3n) is 2.19. The summed E-state index contributed by atoms with van der Waals surface area (Å²) in [4.78, 5) is 0. The number of sulfone groups is 1. The summed E-state index contributed by atoms with van der Waals surface area (Å²) in [5.74, 6) is 0.521. The van der Waals surface area contributed by atoms with Crippen molar-refractivity contribution in [1.29, 1.82) is 0 Å². The number of rotatable bonds is 5. The molecule has 0 saturated carbocycles. The molecule has 0 aliphatic carbocycles. The minimum Gasteiger partial charge on any atom is -0.492 e. The van der Waals surface area contributed by atoms with Gasteiger partial charge in [0.05, 0.1) is 12.4 Å². The zero-order valence-corrected chi connectivity index (χ0v) is 12.1. The van der Waals surface area contributed by atoms with Gasteiger partial charge in [0.15, 0.2) is 9.84 Å². The largest absolute Gasteiger partial charge is 0.492 e. The average Bonchev–Trinajstić information content (AvgIpc) is 2.18. The summed E-state index contributed by atoms with van der Waals surface area (Å²) in [6, 6.07) is 3.61. The summed E-state index contributed by atoms with van der Waals surface area (Å²) in [7, 11) is -3.03. The van der Waals surface area contributed by atoms with Crippen molar-refractivity contribution in [3.05, 3.63) is 27.7 Å². The normalized spacial score (nSPS) is 11.5. The highest BCUT2D eigenvalue weighted by atomic mass is 79.9. The number of benzene rings is 1. The lowest BCUT2D eigenvalue weighted by Crippen LogP contribution is -2.13. The lowest BCUT2D eigenvalue weighted by atomic mass is 10.1. The van der Waals surface area contributed by atoms with Gasteiger partial charge in [-0.15, -0.1) is 0 Å². The van der Waals surface area contributed by atoms with Crippen molar-refractivity contribution in [2.24, 2.45) is 0 Å². The van der Waals surface area contributed by atoms with Gasteiger partial charge in [0.25, 0.3) is 0 Å². The SMILES string of the molecule is Cc1cc(Br)cc(CO)c1OCCS(C)(=O)=O. The van der Waals surface area contributed by atoms with Crippen LogP contribution in [0.2, 0.25) is 0 Å². The Morgan fingerprint density at radius 3 is 2.59 bits per heavy atom. The topological polar surface area (TPSA) is 63.6 Å². The van der Waals surface area contributed by atoms with Gasteiger partial charge in [0.1, 0.15) is 12.4 Å². The highest BCUT2D eigenvalue weighted by molar-refractivity contribution is 9.10. The first kappa shape index (κ1) is 14.5. The summed E-state index contributed by atoms with van der Waals surface area (Å²) < 4.78 is 28.2. The van der Waals surface area contributed by atoms with E-state index in [4.69, 9.17) is 4.74 Å². The highest BCUT2D eigenvalue weighted by Gasteiger charge is 2.10. The van der Waals surface area contributed by atoms with E-state index in [-0.39, 0.29) is 19.0 Å². The Morgan fingerprint density at radius 1 is 1.41 bits per heavy atom. The van der Waals surface area contributed by atoms with Crippen molar-refractivity contribution in [2.45, 2.75) is 13.5 Å². The number of aliphatic hydroxyl groups excluding tert-OH is 1. The molecule has 0 aliphatic rings. The third-order valence-corrected chi connectivity index (χ3v) is 3.55. The molecule has 1 aromatic carbocycles. The molecule has 0 unspecified atom stereocenters. The molecule has 0 bridgehead atoms. The van der Waals surface area contributed by atoms with Crippen LogP contribution in [0.5, 0.6) is 5.75 Å². The maximum atomic E-state index is 11.0. The van der Waals surface area contributed by atoms with E-state index in [0.717, 1.165) is 16.3 Å². The average molecular weight is 323 g/mol. The fourth-order valence-electron chi connectivity index (χ4n) is 1.42. The number of halogens is 1. The van der Waals surface area contributed by atoms with Gasteiger partial charge in [-0.3, -0.25) is 0 Å². The summed E-state index contributed by atoms with van der Waals surface area (Å²) in [6.45, 7) is 1.79. The fraction of sp³-hybridized carbons (Fsp3) is 0.455. The van der Waals surface area contributed by atoms with E-state index in [0.29, 0.717) is 11.3 Å². The van der Waals surface area contributed by atoms with Crippen LogP contribution in [0.1, 0.15) is 11.1 Å². The van der Waals surface area contributed by atoms with Crippen LogP contribution in [-0.4, -0.2) is 32.1 Å². The zero-order valence-electron chi connectivity index (χ0n) is 9.73. The minimum atomic E-state index is -3.03. The van der Waals surface area contributed by atoms with E-state index in [9.17, 15) is 13.5 Å². The summed E-state index contributed by atoms with van der Waals surface area (Å²) in [6.07, 6.45) is 1.16. The second kappa shape index (κ2) is 5.84. The van der Waals surface area contributed by atoms with Crippen molar-refractivity contribution in [1.82, 2.24) is 0 Å². The number of aliphatic hydroxyl groups is 1. The highest BCUT2D eigenvalue weighted by Crippen LogP contribution is 2.28. The van der Waals surface area contributed by atoms with Gasteiger partial charge in [-0.2, -0.15) is 0 Å². The maximum absolute atomic E-state index is 11.0. The van der Waals surface area contributed by atoms with Crippen LogP contribution in [0.3, 0.4) is 0 Å². The first-order valence-electron chi connectivity index (χ1n) is 5.04. The summed E-state index contributed by atoms with van der Waals surface area (Å²) >= 11 is 3.33. The molecule has 96 valence electrons. The second-order valence-electron chi connectivity index (χ2n) is 3.85. The molecule has 0 heterocycles. The predicted octanol–water partition coefficient (Wildman–Crippen LogP) is 1.67. The molecular weight excluding hydrogens is 308 g/mol. The van der Waals surface area contributed by atoms with Gasteiger partial charge in [-0.25, -0.2) is 8.42 Å². The predicted molar refractivity (Wildman–Crippen MR) is 70.0 cm³/mol. The third kappa shape index (κ3) is 4.65. The van der Waals surface area contributed by atoms with Gasteiger partial charge in [0.2, 0.25) is 0 Å². The van der Waals surface area contributed by atoms with Gasteiger partial charge < -0.3 is 9.84 Å². The van der Waals surface area contributed by atoms with Crippen LogP contribution in [0.15, 0.2) is 16.6 Å².